The molecule has 0 heterocycles. The Morgan fingerprint density at radius 1 is 1.07 bits per heavy atom. The maximum absolute atomic E-state index is 8.52. The Bertz CT molecular complexity index is 218. The van der Waals surface area contributed by atoms with Gasteiger partial charge >= 0.3 is 0 Å². The molecule has 2 nitrogen and oxygen atoms in total. The van der Waals surface area contributed by atoms with Crippen molar-refractivity contribution in [3.63, 3.8) is 0 Å². The number of aliphatic hydroxyl groups excluding tert-OH is 1. The van der Waals surface area contributed by atoms with Gasteiger partial charge in [-0.1, -0.05) is 30.3 Å². The van der Waals surface area contributed by atoms with E-state index in [1.807, 2.05) is 30.3 Å². The number of benzene rings is 1. The van der Waals surface area contributed by atoms with Crippen LogP contribution in [0.1, 0.15) is 26.3 Å². The molecule has 0 radical (unpaired) electrons. The van der Waals surface area contributed by atoms with E-state index in [1.54, 1.807) is 20.8 Å². The third-order valence-electron chi connectivity index (χ3n) is 1.24. The van der Waals surface area contributed by atoms with Crippen molar-refractivity contribution >= 4 is 0 Å². The second kappa shape index (κ2) is 6.57. The van der Waals surface area contributed by atoms with Crippen LogP contribution < -0.4 is 0 Å². The molecule has 0 aliphatic heterocycles. The highest BCUT2D eigenvalue weighted by molar-refractivity contribution is 5.14. The molecule has 2 N–H and O–H groups in total. The van der Waals surface area contributed by atoms with E-state index in [2.05, 4.69) is 0 Å². The van der Waals surface area contributed by atoms with Gasteiger partial charge in [0.15, 0.2) is 0 Å². The van der Waals surface area contributed by atoms with E-state index >= 15 is 0 Å². The summed E-state index contributed by atoms with van der Waals surface area (Å²) in [5.74, 6) is 0. The first-order chi connectivity index (χ1) is 6.43. The van der Waals surface area contributed by atoms with Gasteiger partial charge in [0.05, 0.1) is 5.60 Å². The molecule has 0 aliphatic carbocycles. The predicted molar refractivity (Wildman–Crippen MR) is 59.2 cm³/mol. The molecule has 0 saturated heterocycles. The summed E-state index contributed by atoms with van der Waals surface area (Å²) in [4.78, 5) is 0. The van der Waals surface area contributed by atoms with Crippen molar-refractivity contribution in [3.8, 4) is 0 Å². The van der Waals surface area contributed by atoms with Crippen molar-refractivity contribution in [2.45, 2.75) is 32.8 Å². The van der Waals surface area contributed by atoms with Gasteiger partial charge in [-0.15, -0.1) is 0 Å². The number of aliphatic hydroxyl groups is 2. The minimum Gasteiger partial charge on any atom is -0.396 e. The molecule has 0 aliphatic rings. The van der Waals surface area contributed by atoms with Crippen molar-refractivity contribution in [2.75, 3.05) is 6.61 Å². The van der Waals surface area contributed by atoms with Crippen LogP contribution in [0.3, 0.4) is 0 Å². The molecule has 0 aromatic heterocycles. The third kappa shape index (κ3) is 11.1. The molecule has 14 heavy (non-hydrogen) atoms. The fourth-order valence-corrected chi connectivity index (χ4v) is 0.774. The lowest BCUT2D eigenvalue weighted by Gasteiger charge is -2.04. The van der Waals surface area contributed by atoms with E-state index in [4.69, 9.17) is 10.2 Å². The molecule has 1 aromatic carbocycles. The van der Waals surface area contributed by atoms with Crippen LogP contribution in [-0.4, -0.2) is 22.4 Å². The first kappa shape index (κ1) is 13.1. The van der Waals surface area contributed by atoms with Crippen molar-refractivity contribution in [1.82, 2.24) is 0 Å². The van der Waals surface area contributed by atoms with Crippen LogP contribution in [0.5, 0.6) is 0 Å². The normalized spacial score (nSPS) is 10.4. The van der Waals surface area contributed by atoms with E-state index in [9.17, 15) is 0 Å². The van der Waals surface area contributed by atoms with Crippen molar-refractivity contribution in [3.05, 3.63) is 35.9 Å². The van der Waals surface area contributed by atoms with Gasteiger partial charge in [0.2, 0.25) is 0 Å². The molecule has 0 spiro atoms. The first-order valence-electron chi connectivity index (χ1n) is 4.80. The van der Waals surface area contributed by atoms with Gasteiger partial charge in [-0.05, 0) is 32.8 Å². The fourth-order valence-electron chi connectivity index (χ4n) is 0.774. The largest absolute Gasteiger partial charge is 0.396 e. The van der Waals surface area contributed by atoms with Gasteiger partial charge in [-0.3, -0.25) is 0 Å². The second-order valence-corrected chi connectivity index (χ2v) is 4.13. The zero-order chi connectivity index (χ0) is 11.0. The number of hydrogen-bond donors (Lipinski definition) is 2. The van der Waals surface area contributed by atoms with E-state index in [0.717, 1.165) is 6.42 Å². The maximum Gasteiger partial charge on any atom is 0.0563 e. The quantitative estimate of drug-likeness (QED) is 0.759. The van der Waals surface area contributed by atoms with E-state index in [1.165, 1.54) is 5.56 Å². The van der Waals surface area contributed by atoms with Crippen LogP contribution in [0.4, 0.5) is 0 Å². The summed E-state index contributed by atoms with van der Waals surface area (Å²) in [6.07, 6.45) is 0.765. The molecule has 1 rings (SSSR count). The highest BCUT2D eigenvalue weighted by Crippen LogP contribution is 1.97. The Labute approximate surface area is 86.2 Å². The highest BCUT2D eigenvalue weighted by atomic mass is 16.3. The fraction of sp³-hybridized carbons (Fsp3) is 0.500. The lowest BCUT2D eigenvalue weighted by molar-refractivity contribution is 0.102. The molecule has 80 valence electrons. The first-order valence-corrected chi connectivity index (χ1v) is 4.80. The maximum atomic E-state index is 8.52. The molecule has 0 saturated carbocycles. The summed E-state index contributed by atoms with van der Waals surface area (Å²) in [6, 6.07) is 9.95. The van der Waals surface area contributed by atoms with Crippen molar-refractivity contribution in [1.29, 1.82) is 0 Å². The minimum absolute atomic E-state index is 0.240. The minimum atomic E-state index is -0.500. The van der Waals surface area contributed by atoms with Gasteiger partial charge in [-0.25, -0.2) is 0 Å². The summed E-state index contributed by atoms with van der Waals surface area (Å²) in [7, 11) is 0. The van der Waals surface area contributed by atoms with Crippen molar-refractivity contribution in [2.24, 2.45) is 0 Å². The van der Waals surface area contributed by atoms with Crippen LogP contribution in [0, 0.1) is 0 Å². The zero-order valence-corrected chi connectivity index (χ0v) is 9.20. The Kier molecular flexibility index (Phi) is 6.17. The molecule has 1 aromatic rings. The van der Waals surface area contributed by atoms with E-state index in [-0.39, 0.29) is 6.61 Å². The molecule has 2 heteroatoms. The molecular weight excluding hydrogens is 176 g/mol. The smallest absolute Gasteiger partial charge is 0.0563 e. The second-order valence-electron chi connectivity index (χ2n) is 4.13. The van der Waals surface area contributed by atoms with Gasteiger partial charge < -0.3 is 10.2 Å². The van der Waals surface area contributed by atoms with Crippen LogP contribution in [0.2, 0.25) is 0 Å². The van der Waals surface area contributed by atoms with Gasteiger partial charge in [0, 0.05) is 6.61 Å². The van der Waals surface area contributed by atoms with Crippen molar-refractivity contribution < 1.29 is 10.2 Å². The molecular formula is C12H20O2. The monoisotopic (exact) mass is 196 g/mol. The summed E-state index contributed by atoms with van der Waals surface area (Å²) in [5, 5.41) is 17.0. The lowest BCUT2D eigenvalue weighted by atomic mass is 10.2. The van der Waals surface area contributed by atoms with E-state index < -0.39 is 5.60 Å². The van der Waals surface area contributed by atoms with Crippen LogP contribution >= 0.6 is 0 Å². The zero-order valence-electron chi connectivity index (χ0n) is 9.20. The van der Waals surface area contributed by atoms with Gasteiger partial charge in [-0.2, -0.15) is 0 Å². The average Bonchev–Trinajstić information content (AvgIpc) is 2.03. The topological polar surface area (TPSA) is 40.5 Å². The highest BCUT2D eigenvalue weighted by Gasteiger charge is 1.97. The number of rotatable bonds is 2. The molecule has 0 bridgehead atoms. The third-order valence-corrected chi connectivity index (χ3v) is 1.24. The summed E-state index contributed by atoms with van der Waals surface area (Å²) in [5.41, 5.74) is 0.694. The van der Waals surface area contributed by atoms with Gasteiger partial charge in [0.1, 0.15) is 0 Å². The average molecular weight is 196 g/mol. The Hall–Kier alpha value is -0.860. The summed E-state index contributed by atoms with van der Waals surface area (Å²) >= 11 is 0. The molecule has 0 fully saturated rings. The molecule has 0 unspecified atom stereocenters. The van der Waals surface area contributed by atoms with Crippen LogP contribution in [0.25, 0.3) is 0 Å². The number of hydrogen-bond acceptors (Lipinski definition) is 2. The van der Waals surface area contributed by atoms with E-state index in [0.29, 0.717) is 0 Å². The van der Waals surface area contributed by atoms with Crippen LogP contribution in [0.15, 0.2) is 30.3 Å². The van der Waals surface area contributed by atoms with Gasteiger partial charge in [0.25, 0.3) is 0 Å². The summed E-state index contributed by atoms with van der Waals surface area (Å²) in [6.45, 7) is 5.47. The van der Waals surface area contributed by atoms with Crippen LogP contribution in [-0.2, 0) is 6.42 Å². The molecule has 0 amide bonds. The predicted octanol–water partition coefficient (Wildman–Crippen LogP) is 2.00. The Morgan fingerprint density at radius 2 is 1.50 bits per heavy atom. The lowest BCUT2D eigenvalue weighted by Crippen LogP contribution is -2.10. The Balaban J connectivity index is 0.000000292. The summed E-state index contributed by atoms with van der Waals surface area (Å²) < 4.78 is 0. The SMILES string of the molecule is CC(C)(C)O.OCCc1ccccc1. The molecule has 0 atom stereocenters. The standard InChI is InChI=1S/C8H10O.C4H10O/c9-7-6-8-4-2-1-3-5-8;1-4(2,3)5/h1-5,9H,6-7H2;5H,1-3H3. The Morgan fingerprint density at radius 3 is 1.86 bits per heavy atom.